The lowest BCUT2D eigenvalue weighted by molar-refractivity contribution is 0.0731. The molecule has 0 aliphatic rings. The van der Waals surface area contributed by atoms with Gasteiger partial charge in [-0.2, -0.15) is 0 Å². The number of carbonyl (C=O) groups excluding carboxylic acids is 1. The van der Waals surface area contributed by atoms with E-state index < -0.39 is 11.8 Å². The molecule has 0 bridgehead atoms. The zero-order valence-electron chi connectivity index (χ0n) is 11.1. The summed E-state index contributed by atoms with van der Waals surface area (Å²) in [7, 11) is 2.95. The normalized spacial score (nSPS) is 9.95. The lowest BCUT2D eigenvalue weighted by atomic mass is 10.2. The maximum absolute atomic E-state index is 13.0. The fourth-order valence-electron chi connectivity index (χ4n) is 1.66. The van der Waals surface area contributed by atoms with Crippen LogP contribution in [0.2, 0.25) is 0 Å². The van der Waals surface area contributed by atoms with Crippen LogP contribution in [0.3, 0.4) is 0 Å². The molecule has 0 spiro atoms. The van der Waals surface area contributed by atoms with Crippen molar-refractivity contribution >= 4 is 5.97 Å². The third kappa shape index (κ3) is 3.06. The topological polar surface area (TPSA) is 44.8 Å². The molecule has 0 fully saturated rings. The van der Waals surface area contributed by atoms with E-state index in [1.807, 2.05) is 0 Å². The minimum absolute atomic E-state index is 0.132. The van der Waals surface area contributed by atoms with Crippen LogP contribution in [0, 0.1) is 5.82 Å². The number of carbonyl (C=O) groups is 1. The van der Waals surface area contributed by atoms with Crippen molar-refractivity contribution in [1.29, 1.82) is 0 Å². The largest absolute Gasteiger partial charge is 0.497 e. The van der Waals surface area contributed by atoms with Gasteiger partial charge in [0.2, 0.25) is 0 Å². The molecule has 0 aromatic heterocycles. The molecule has 0 N–H and O–H groups in total. The summed E-state index contributed by atoms with van der Waals surface area (Å²) in [6.07, 6.45) is 0. The van der Waals surface area contributed by atoms with Gasteiger partial charge in [0.05, 0.1) is 14.2 Å². The van der Waals surface area contributed by atoms with Gasteiger partial charge >= 0.3 is 5.97 Å². The molecule has 5 heteroatoms. The number of hydrogen-bond acceptors (Lipinski definition) is 4. The first-order valence-electron chi connectivity index (χ1n) is 5.84. The highest BCUT2D eigenvalue weighted by molar-refractivity contribution is 5.94. The Morgan fingerprint density at radius 2 is 1.80 bits per heavy atom. The number of benzene rings is 2. The molecular formula is C15H13FO4. The van der Waals surface area contributed by atoms with E-state index >= 15 is 0 Å². The molecule has 20 heavy (non-hydrogen) atoms. The van der Waals surface area contributed by atoms with Crippen LogP contribution in [0.1, 0.15) is 10.4 Å². The summed E-state index contributed by atoms with van der Waals surface area (Å²) in [6.45, 7) is 0. The summed E-state index contributed by atoms with van der Waals surface area (Å²) in [5, 5.41) is 0. The highest BCUT2D eigenvalue weighted by Gasteiger charge is 2.15. The fourth-order valence-corrected chi connectivity index (χ4v) is 1.66. The molecule has 104 valence electrons. The van der Waals surface area contributed by atoms with Crippen molar-refractivity contribution in [3.05, 3.63) is 53.8 Å². The minimum Gasteiger partial charge on any atom is -0.497 e. The second-order valence-electron chi connectivity index (χ2n) is 3.91. The monoisotopic (exact) mass is 276 g/mol. The Morgan fingerprint density at radius 3 is 2.45 bits per heavy atom. The molecule has 2 rings (SSSR count). The Balaban J connectivity index is 2.25. The zero-order valence-corrected chi connectivity index (χ0v) is 11.1. The van der Waals surface area contributed by atoms with Crippen molar-refractivity contribution in [2.75, 3.05) is 14.2 Å². The molecule has 0 saturated heterocycles. The summed E-state index contributed by atoms with van der Waals surface area (Å²) >= 11 is 0. The maximum atomic E-state index is 13.0. The predicted molar refractivity (Wildman–Crippen MR) is 70.9 cm³/mol. The lowest BCUT2D eigenvalue weighted by Crippen LogP contribution is -2.10. The van der Waals surface area contributed by atoms with Crippen molar-refractivity contribution in [2.24, 2.45) is 0 Å². The quantitative estimate of drug-likeness (QED) is 0.636. The van der Waals surface area contributed by atoms with E-state index in [0.29, 0.717) is 11.5 Å². The molecule has 0 atom stereocenters. The van der Waals surface area contributed by atoms with E-state index in [0.717, 1.165) is 6.07 Å². The van der Waals surface area contributed by atoms with Gasteiger partial charge in [-0.15, -0.1) is 0 Å². The zero-order chi connectivity index (χ0) is 14.5. The van der Waals surface area contributed by atoms with Gasteiger partial charge in [0.1, 0.15) is 28.6 Å². The molecule has 0 aliphatic heterocycles. The first kappa shape index (κ1) is 13.9. The van der Waals surface area contributed by atoms with Gasteiger partial charge in [-0.1, -0.05) is 6.07 Å². The Morgan fingerprint density at radius 1 is 1.00 bits per heavy atom. The third-order valence-electron chi connectivity index (χ3n) is 2.64. The Labute approximate surface area is 115 Å². The first-order valence-corrected chi connectivity index (χ1v) is 5.84. The van der Waals surface area contributed by atoms with E-state index in [1.165, 1.54) is 38.5 Å². The van der Waals surface area contributed by atoms with E-state index in [-0.39, 0.29) is 11.3 Å². The number of esters is 1. The molecule has 0 amide bonds. The van der Waals surface area contributed by atoms with Gasteiger partial charge < -0.3 is 14.2 Å². The predicted octanol–water partition coefficient (Wildman–Crippen LogP) is 3.06. The van der Waals surface area contributed by atoms with Crippen molar-refractivity contribution in [1.82, 2.24) is 0 Å². The molecular weight excluding hydrogens is 263 g/mol. The van der Waals surface area contributed by atoms with Crippen LogP contribution in [-0.2, 0) is 0 Å². The number of hydrogen-bond donors (Lipinski definition) is 0. The van der Waals surface area contributed by atoms with Gasteiger partial charge in [0.15, 0.2) is 0 Å². The number of ether oxygens (including phenoxy) is 3. The van der Waals surface area contributed by atoms with Gasteiger partial charge in [0.25, 0.3) is 0 Å². The number of rotatable bonds is 4. The maximum Gasteiger partial charge on any atom is 0.347 e. The van der Waals surface area contributed by atoms with Crippen molar-refractivity contribution in [2.45, 2.75) is 0 Å². The third-order valence-corrected chi connectivity index (χ3v) is 2.64. The van der Waals surface area contributed by atoms with Crippen LogP contribution in [0.4, 0.5) is 4.39 Å². The van der Waals surface area contributed by atoms with Gasteiger partial charge in [0, 0.05) is 12.1 Å². The SMILES string of the molecule is COc1ccc(C(=O)Oc2cccc(F)c2)c(OC)c1. The molecule has 2 aromatic carbocycles. The molecule has 0 unspecified atom stereocenters. The molecule has 0 aliphatic carbocycles. The van der Waals surface area contributed by atoms with Crippen LogP contribution >= 0.6 is 0 Å². The smallest absolute Gasteiger partial charge is 0.347 e. The summed E-state index contributed by atoms with van der Waals surface area (Å²) in [5.74, 6) is -0.0881. The highest BCUT2D eigenvalue weighted by Crippen LogP contribution is 2.26. The fraction of sp³-hybridized carbons (Fsp3) is 0.133. The standard InChI is InChI=1S/C15H13FO4/c1-18-11-6-7-13(14(9-11)19-2)15(17)20-12-5-3-4-10(16)8-12/h3-9H,1-2H3. The number of halogens is 1. The van der Waals surface area contributed by atoms with Gasteiger partial charge in [-0.3, -0.25) is 0 Å². The van der Waals surface area contributed by atoms with E-state index in [9.17, 15) is 9.18 Å². The van der Waals surface area contributed by atoms with Gasteiger partial charge in [-0.25, -0.2) is 9.18 Å². The molecule has 2 aromatic rings. The molecule has 4 nitrogen and oxygen atoms in total. The summed E-state index contributed by atoms with van der Waals surface area (Å²) < 4.78 is 28.3. The van der Waals surface area contributed by atoms with Crippen LogP contribution in [0.5, 0.6) is 17.2 Å². The summed E-state index contributed by atoms with van der Waals surface area (Å²) in [4.78, 5) is 12.0. The molecule has 0 heterocycles. The van der Waals surface area contributed by atoms with Crippen LogP contribution in [0.25, 0.3) is 0 Å². The lowest BCUT2D eigenvalue weighted by Gasteiger charge is -2.10. The molecule has 0 radical (unpaired) electrons. The first-order chi connectivity index (χ1) is 9.63. The van der Waals surface area contributed by atoms with Crippen LogP contribution < -0.4 is 14.2 Å². The van der Waals surface area contributed by atoms with Crippen LogP contribution in [-0.4, -0.2) is 20.2 Å². The summed E-state index contributed by atoms with van der Waals surface area (Å²) in [6, 6.07) is 10.1. The van der Waals surface area contributed by atoms with Crippen molar-refractivity contribution in [3.63, 3.8) is 0 Å². The van der Waals surface area contributed by atoms with E-state index in [1.54, 1.807) is 12.1 Å². The van der Waals surface area contributed by atoms with Crippen molar-refractivity contribution in [3.8, 4) is 17.2 Å². The number of methoxy groups -OCH3 is 2. The van der Waals surface area contributed by atoms with Crippen LogP contribution in [0.15, 0.2) is 42.5 Å². The highest BCUT2D eigenvalue weighted by atomic mass is 19.1. The summed E-state index contributed by atoms with van der Waals surface area (Å²) in [5.41, 5.74) is 0.234. The van der Waals surface area contributed by atoms with E-state index in [2.05, 4.69) is 0 Å². The average Bonchev–Trinajstić information content (AvgIpc) is 2.46. The molecule has 0 saturated carbocycles. The second-order valence-corrected chi connectivity index (χ2v) is 3.91. The van der Waals surface area contributed by atoms with Gasteiger partial charge in [-0.05, 0) is 24.3 Å². The van der Waals surface area contributed by atoms with Crippen molar-refractivity contribution < 1.29 is 23.4 Å². The Bertz CT molecular complexity index is 625. The minimum atomic E-state index is -0.630. The second kappa shape index (κ2) is 6.06. The van der Waals surface area contributed by atoms with E-state index in [4.69, 9.17) is 14.2 Å². The average molecular weight is 276 g/mol. The Kier molecular flexibility index (Phi) is 4.20. The Hall–Kier alpha value is -2.56.